The van der Waals surface area contributed by atoms with Crippen LogP contribution >= 0.6 is 0 Å². The number of amides is 2. The number of urea groups is 1. The zero-order valence-corrected chi connectivity index (χ0v) is 11.2. The fourth-order valence-electron chi connectivity index (χ4n) is 2.00. The quantitative estimate of drug-likeness (QED) is 0.874. The molecule has 0 spiro atoms. The van der Waals surface area contributed by atoms with Crippen LogP contribution in [0.25, 0.3) is 0 Å². The molecule has 1 aliphatic heterocycles. The molecular weight excluding hydrogens is 260 g/mol. The Balaban J connectivity index is 1.84. The molecule has 0 saturated carbocycles. The van der Waals surface area contributed by atoms with E-state index in [4.69, 9.17) is 9.84 Å². The van der Waals surface area contributed by atoms with Crippen LogP contribution in [0.5, 0.6) is 0 Å². The van der Waals surface area contributed by atoms with Gasteiger partial charge in [0.25, 0.3) is 0 Å². The fourth-order valence-corrected chi connectivity index (χ4v) is 2.00. The monoisotopic (exact) mass is 278 g/mol. The number of aromatic carboxylic acids is 1. The van der Waals surface area contributed by atoms with Crippen molar-refractivity contribution < 1.29 is 19.4 Å². The second-order valence-corrected chi connectivity index (χ2v) is 4.61. The van der Waals surface area contributed by atoms with Crippen LogP contribution in [0, 0.1) is 0 Å². The van der Waals surface area contributed by atoms with Gasteiger partial charge in [-0.2, -0.15) is 0 Å². The summed E-state index contributed by atoms with van der Waals surface area (Å²) in [5, 5.41) is 11.6. The van der Waals surface area contributed by atoms with E-state index < -0.39 is 5.97 Å². The molecule has 2 rings (SSSR count). The van der Waals surface area contributed by atoms with Gasteiger partial charge < -0.3 is 20.1 Å². The summed E-state index contributed by atoms with van der Waals surface area (Å²) in [7, 11) is 0. The van der Waals surface area contributed by atoms with Crippen molar-refractivity contribution in [1.82, 2.24) is 10.2 Å². The predicted molar refractivity (Wildman–Crippen MR) is 72.6 cm³/mol. The summed E-state index contributed by atoms with van der Waals surface area (Å²) in [6.45, 7) is 2.95. The molecule has 6 heteroatoms. The van der Waals surface area contributed by atoms with Crippen LogP contribution in [0.1, 0.15) is 22.3 Å². The second kappa shape index (κ2) is 6.91. The molecule has 0 atom stereocenters. The minimum absolute atomic E-state index is 0.113. The number of carbonyl (C=O) groups excluding carboxylic acids is 1. The highest BCUT2D eigenvalue weighted by Crippen LogP contribution is 2.05. The number of ether oxygens (including phenoxy) is 1. The van der Waals surface area contributed by atoms with Crippen molar-refractivity contribution in [3.63, 3.8) is 0 Å². The van der Waals surface area contributed by atoms with E-state index >= 15 is 0 Å². The maximum absolute atomic E-state index is 12.0. The van der Waals surface area contributed by atoms with Gasteiger partial charge in [0.2, 0.25) is 0 Å². The first-order valence-electron chi connectivity index (χ1n) is 6.59. The van der Waals surface area contributed by atoms with E-state index in [-0.39, 0.29) is 11.6 Å². The Morgan fingerprint density at radius 1 is 1.20 bits per heavy atom. The van der Waals surface area contributed by atoms with E-state index in [0.717, 1.165) is 12.0 Å². The SMILES string of the molecule is O=C(O)c1ccc(CNC(=O)N2CCCOCC2)cc1. The van der Waals surface area contributed by atoms with Gasteiger partial charge in [-0.25, -0.2) is 9.59 Å². The Hall–Kier alpha value is -2.08. The predicted octanol–water partition coefficient (Wildman–Crippen LogP) is 1.32. The highest BCUT2D eigenvalue weighted by Gasteiger charge is 2.15. The molecule has 1 saturated heterocycles. The molecule has 0 unspecified atom stereocenters. The molecule has 0 aromatic heterocycles. The third-order valence-corrected chi connectivity index (χ3v) is 3.15. The summed E-state index contributed by atoms with van der Waals surface area (Å²) in [4.78, 5) is 24.4. The number of carboxylic acids is 1. The number of hydrogen-bond donors (Lipinski definition) is 2. The van der Waals surface area contributed by atoms with E-state index in [1.165, 1.54) is 12.1 Å². The lowest BCUT2D eigenvalue weighted by atomic mass is 10.1. The Labute approximate surface area is 117 Å². The largest absolute Gasteiger partial charge is 0.478 e. The average Bonchev–Trinajstić information content (AvgIpc) is 2.74. The van der Waals surface area contributed by atoms with Crippen molar-refractivity contribution in [2.75, 3.05) is 26.3 Å². The number of benzene rings is 1. The Bertz CT molecular complexity index is 465. The summed E-state index contributed by atoms with van der Waals surface area (Å²) in [5.41, 5.74) is 1.11. The molecular formula is C14H18N2O4. The Morgan fingerprint density at radius 3 is 2.65 bits per heavy atom. The molecule has 1 heterocycles. The van der Waals surface area contributed by atoms with Gasteiger partial charge in [0.1, 0.15) is 0 Å². The molecule has 1 aliphatic rings. The fraction of sp³-hybridized carbons (Fsp3) is 0.429. The molecule has 1 aromatic carbocycles. The Kier molecular flexibility index (Phi) is 4.95. The first-order chi connectivity index (χ1) is 9.66. The van der Waals surface area contributed by atoms with Gasteiger partial charge in [-0.05, 0) is 24.1 Å². The van der Waals surface area contributed by atoms with Crippen LogP contribution in [0.3, 0.4) is 0 Å². The maximum Gasteiger partial charge on any atom is 0.335 e. The van der Waals surface area contributed by atoms with E-state index in [9.17, 15) is 9.59 Å². The molecule has 1 fully saturated rings. The van der Waals surface area contributed by atoms with Crippen LogP contribution < -0.4 is 5.32 Å². The second-order valence-electron chi connectivity index (χ2n) is 4.61. The smallest absolute Gasteiger partial charge is 0.335 e. The van der Waals surface area contributed by atoms with Crippen LogP contribution in [0.15, 0.2) is 24.3 Å². The van der Waals surface area contributed by atoms with Gasteiger partial charge in [0.15, 0.2) is 0 Å². The number of hydrogen-bond acceptors (Lipinski definition) is 3. The van der Waals surface area contributed by atoms with Crippen molar-refractivity contribution >= 4 is 12.0 Å². The highest BCUT2D eigenvalue weighted by atomic mass is 16.5. The minimum atomic E-state index is -0.954. The highest BCUT2D eigenvalue weighted by molar-refractivity contribution is 5.87. The lowest BCUT2D eigenvalue weighted by Crippen LogP contribution is -2.40. The number of carboxylic acid groups (broad SMARTS) is 1. The molecule has 6 nitrogen and oxygen atoms in total. The first kappa shape index (κ1) is 14.3. The summed E-state index contributed by atoms with van der Waals surface area (Å²) in [6, 6.07) is 6.36. The summed E-state index contributed by atoms with van der Waals surface area (Å²) in [5.74, 6) is -0.954. The van der Waals surface area contributed by atoms with Crippen LogP contribution in [-0.4, -0.2) is 48.3 Å². The number of carbonyl (C=O) groups is 2. The molecule has 1 aromatic rings. The molecule has 0 aliphatic carbocycles. The number of nitrogens with one attached hydrogen (secondary N) is 1. The van der Waals surface area contributed by atoms with Gasteiger partial charge in [-0.1, -0.05) is 12.1 Å². The van der Waals surface area contributed by atoms with Gasteiger partial charge in [-0.3, -0.25) is 0 Å². The normalized spacial score (nSPS) is 15.5. The lowest BCUT2D eigenvalue weighted by Gasteiger charge is -2.20. The van der Waals surface area contributed by atoms with Crippen molar-refractivity contribution in [2.24, 2.45) is 0 Å². The van der Waals surface area contributed by atoms with E-state index in [1.807, 2.05) is 0 Å². The molecule has 108 valence electrons. The zero-order valence-electron chi connectivity index (χ0n) is 11.2. The van der Waals surface area contributed by atoms with E-state index in [1.54, 1.807) is 17.0 Å². The van der Waals surface area contributed by atoms with Crippen molar-refractivity contribution in [3.05, 3.63) is 35.4 Å². The molecule has 0 bridgehead atoms. The van der Waals surface area contributed by atoms with Gasteiger partial charge in [0.05, 0.1) is 12.2 Å². The van der Waals surface area contributed by atoms with Crippen LogP contribution in [0.4, 0.5) is 4.79 Å². The lowest BCUT2D eigenvalue weighted by molar-refractivity contribution is 0.0697. The minimum Gasteiger partial charge on any atom is -0.478 e. The first-order valence-corrected chi connectivity index (χ1v) is 6.59. The summed E-state index contributed by atoms with van der Waals surface area (Å²) >= 11 is 0. The summed E-state index contributed by atoms with van der Waals surface area (Å²) in [6.07, 6.45) is 0.848. The third-order valence-electron chi connectivity index (χ3n) is 3.15. The standard InChI is InChI=1S/C14H18N2O4/c17-13(18)12-4-2-11(3-5-12)10-15-14(19)16-6-1-8-20-9-7-16/h2-5H,1,6-10H2,(H,15,19)(H,17,18). The van der Waals surface area contributed by atoms with Crippen molar-refractivity contribution in [2.45, 2.75) is 13.0 Å². The van der Waals surface area contributed by atoms with Gasteiger partial charge in [-0.15, -0.1) is 0 Å². The van der Waals surface area contributed by atoms with Crippen molar-refractivity contribution in [3.8, 4) is 0 Å². The van der Waals surface area contributed by atoms with Crippen LogP contribution in [0.2, 0.25) is 0 Å². The van der Waals surface area contributed by atoms with Gasteiger partial charge >= 0.3 is 12.0 Å². The van der Waals surface area contributed by atoms with Crippen LogP contribution in [-0.2, 0) is 11.3 Å². The average molecular weight is 278 g/mol. The number of nitrogens with zero attached hydrogens (tertiary/aromatic N) is 1. The topological polar surface area (TPSA) is 78.9 Å². The summed E-state index contributed by atoms with van der Waals surface area (Å²) < 4.78 is 5.30. The Morgan fingerprint density at radius 2 is 1.95 bits per heavy atom. The molecule has 0 radical (unpaired) electrons. The maximum atomic E-state index is 12.0. The third kappa shape index (κ3) is 3.96. The molecule has 20 heavy (non-hydrogen) atoms. The van der Waals surface area contributed by atoms with Gasteiger partial charge in [0, 0.05) is 26.2 Å². The van der Waals surface area contributed by atoms with E-state index in [2.05, 4.69) is 5.32 Å². The van der Waals surface area contributed by atoms with Crippen molar-refractivity contribution in [1.29, 1.82) is 0 Å². The zero-order chi connectivity index (χ0) is 14.4. The number of rotatable bonds is 3. The molecule has 2 amide bonds. The van der Waals surface area contributed by atoms with E-state index in [0.29, 0.717) is 32.8 Å². The molecule has 2 N–H and O–H groups in total.